The maximum atomic E-state index is 4.71. The zero-order chi connectivity index (χ0) is 4.99. The Morgan fingerprint density at radius 1 is 1.83 bits per heavy atom. The Kier molecular flexibility index (Phi) is 4.25. The third-order valence-electron chi connectivity index (χ3n) is 0.500. The second-order valence-corrected chi connectivity index (χ2v) is 1.14. The molecule has 0 amide bonds. The molecule has 0 N–H and O–H groups in total. The summed E-state index contributed by atoms with van der Waals surface area (Å²) in [4.78, 5) is 0. The molecule has 1 saturated heterocycles. The van der Waals surface area contributed by atoms with E-state index in [1.54, 1.807) is 0 Å². The predicted molar refractivity (Wildman–Crippen MR) is 34.3 cm³/mol. The molecule has 1 unspecified atom stereocenters. The van der Waals surface area contributed by atoms with Crippen molar-refractivity contribution in [2.75, 3.05) is 6.61 Å². The number of rotatable bonds is 0. The third kappa shape index (κ3) is 4.66. The van der Waals surface area contributed by atoms with Gasteiger partial charge >= 0.3 is 0 Å². The lowest BCUT2D eigenvalue weighted by molar-refractivity contribution is 0.423. The van der Waals surface area contributed by atoms with Crippen LogP contribution in [0.4, 0.5) is 0 Å². The van der Waals surface area contributed by atoms with Crippen LogP contribution in [0, 0.1) is 0 Å². The predicted octanol–water partition coefficient (Wildman–Crippen LogP) is 0.0668. The number of hydrogen-bond donors (Lipinski definition) is 0. The zero-order valence-electron chi connectivity index (χ0n) is 4.07. The second-order valence-electron chi connectivity index (χ2n) is 1.14. The van der Waals surface area contributed by atoms with Gasteiger partial charge in [0.2, 0.25) is 0 Å². The van der Waals surface area contributed by atoms with Gasteiger partial charge in [-0.05, 0) is 6.92 Å². The van der Waals surface area contributed by atoms with Gasteiger partial charge in [0.15, 0.2) is 0 Å². The molecule has 1 atom stereocenters. The molecule has 1 aliphatic heterocycles. The summed E-state index contributed by atoms with van der Waals surface area (Å²) in [6.45, 7) is 3.04. The van der Waals surface area contributed by atoms with Crippen LogP contribution in [0.1, 0.15) is 6.92 Å². The summed E-state index contributed by atoms with van der Waals surface area (Å²) >= 11 is 3.08. The SMILES string of the molecule is CC1CO1.[SiH3]Br. The van der Waals surface area contributed by atoms with E-state index in [0.717, 1.165) is 15.5 Å². The highest BCUT2D eigenvalue weighted by molar-refractivity contribution is 9.22. The van der Waals surface area contributed by atoms with Crippen LogP contribution in [-0.2, 0) is 4.74 Å². The van der Waals surface area contributed by atoms with E-state index >= 15 is 0 Å². The Morgan fingerprint density at radius 3 is 2.00 bits per heavy atom. The van der Waals surface area contributed by atoms with E-state index in [1.807, 2.05) is 0 Å². The Bertz CT molecular complexity index is 30.0. The summed E-state index contributed by atoms with van der Waals surface area (Å²) in [6.07, 6.45) is 0.583. The van der Waals surface area contributed by atoms with Crippen LogP contribution < -0.4 is 0 Å². The van der Waals surface area contributed by atoms with Gasteiger partial charge in [0, 0.05) is 0 Å². The lowest BCUT2D eigenvalue weighted by Crippen LogP contribution is -1.60. The van der Waals surface area contributed by atoms with Gasteiger partial charge in [-0.25, -0.2) is 0 Å². The zero-order valence-corrected chi connectivity index (χ0v) is 7.66. The quantitative estimate of drug-likeness (QED) is 0.284. The minimum atomic E-state index is 0.583. The van der Waals surface area contributed by atoms with Crippen molar-refractivity contribution in [2.24, 2.45) is 0 Å². The molecule has 0 saturated carbocycles. The van der Waals surface area contributed by atoms with E-state index < -0.39 is 0 Å². The smallest absolute Gasteiger partial charge is 0.0825 e. The van der Waals surface area contributed by atoms with Crippen molar-refractivity contribution in [3.8, 4) is 0 Å². The van der Waals surface area contributed by atoms with E-state index in [4.69, 9.17) is 4.74 Å². The highest BCUT2D eigenvalue weighted by Gasteiger charge is 2.13. The first-order valence-electron chi connectivity index (χ1n) is 1.89. The number of epoxide rings is 1. The maximum absolute atomic E-state index is 4.71. The Balaban J connectivity index is 0.000000112. The fourth-order valence-electron chi connectivity index (χ4n) is 0.0962. The minimum Gasteiger partial charge on any atom is -0.373 e. The van der Waals surface area contributed by atoms with Crippen molar-refractivity contribution in [3.63, 3.8) is 0 Å². The number of halogens is 1. The highest BCUT2D eigenvalue weighted by Crippen LogP contribution is 2.04. The normalized spacial score (nSPS) is 28.0. The van der Waals surface area contributed by atoms with Gasteiger partial charge in [-0.2, -0.15) is 0 Å². The molecule has 0 aliphatic carbocycles. The van der Waals surface area contributed by atoms with Crippen LogP contribution in [0.5, 0.6) is 0 Å². The maximum Gasteiger partial charge on any atom is 0.0825 e. The van der Waals surface area contributed by atoms with Crippen molar-refractivity contribution in [3.05, 3.63) is 0 Å². The molecule has 0 aromatic rings. The molecular formula is C3H9BrOSi. The van der Waals surface area contributed by atoms with E-state index in [9.17, 15) is 0 Å². The fraction of sp³-hybridized carbons (Fsp3) is 1.00. The molecule has 0 aromatic heterocycles. The van der Waals surface area contributed by atoms with Gasteiger partial charge in [-0.15, -0.1) is 15.3 Å². The van der Waals surface area contributed by atoms with Crippen molar-refractivity contribution in [2.45, 2.75) is 13.0 Å². The number of ether oxygens (including phenoxy) is 1. The summed E-state index contributed by atoms with van der Waals surface area (Å²) in [5.41, 5.74) is 0. The van der Waals surface area contributed by atoms with Crippen LogP contribution >= 0.6 is 15.3 Å². The largest absolute Gasteiger partial charge is 0.373 e. The van der Waals surface area contributed by atoms with Crippen molar-refractivity contribution < 1.29 is 4.74 Å². The lowest BCUT2D eigenvalue weighted by atomic mass is 10.6. The summed E-state index contributed by atoms with van der Waals surface area (Å²) < 4.78 is 4.71. The molecular weight excluding hydrogens is 160 g/mol. The average Bonchev–Trinajstić information content (AvgIpc) is 2.30. The highest BCUT2D eigenvalue weighted by atomic mass is 79.9. The van der Waals surface area contributed by atoms with Crippen LogP contribution in [0.2, 0.25) is 0 Å². The van der Waals surface area contributed by atoms with E-state index in [1.165, 1.54) is 0 Å². The molecule has 1 fully saturated rings. The third-order valence-corrected chi connectivity index (χ3v) is 0.500. The van der Waals surface area contributed by atoms with Crippen molar-refractivity contribution >= 4 is 24.2 Å². The van der Waals surface area contributed by atoms with Crippen LogP contribution in [-0.4, -0.2) is 21.6 Å². The first-order valence-corrected chi connectivity index (χ1v) is 7.40. The summed E-state index contributed by atoms with van der Waals surface area (Å²) in [5.74, 6) is 0. The van der Waals surface area contributed by atoms with Gasteiger partial charge in [0.1, 0.15) is 0 Å². The van der Waals surface area contributed by atoms with E-state index in [-0.39, 0.29) is 0 Å². The monoisotopic (exact) mass is 168 g/mol. The molecule has 1 heterocycles. The average molecular weight is 169 g/mol. The van der Waals surface area contributed by atoms with Crippen molar-refractivity contribution in [1.29, 1.82) is 0 Å². The molecule has 0 aromatic carbocycles. The molecule has 38 valence electrons. The standard InChI is InChI=1S/C3H6O.BrH3Si/c1-3-2-4-3;1-2/h3H,2H2,1H3;2H3. The van der Waals surface area contributed by atoms with Crippen LogP contribution in [0.15, 0.2) is 0 Å². The Labute approximate surface area is 49.1 Å². The Hall–Kier alpha value is 0.657. The molecule has 0 spiro atoms. The summed E-state index contributed by atoms with van der Waals surface area (Å²) in [6, 6.07) is 0. The van der Waals surface area contributed by atoms with E-state index in [0.29, 0.717) is 6.10 Å². The van der Waals surface area contributed by atoms with Crippen molar-refractivity contribution in [1.82, 2.24) is 0 Å². The molecule has 1 aliphatic rings. The van der Waals surface area contributed by atoms with Gasteiger partial charge in [0.25, 0.3) is 0 Å². The summed E-state index contributed by atoms with van der Waals surface area (Å²) in [5, 5.41) is 0. The lowest BCUT2D eigenvalue weighted by Gasteiger charge is -1.50. The Morgan fingerprint density at radius 2 is 2.00 bits per heavy atom. The molecule has 6 heavy (non-hydrogen) atoms. The molecule has 0 bridgehead atoms. The molecule has 0 radical (unpaired) electrons. The fourth-order valence-corrected chi connectivity index (χ4v) is 0.0962. The molecule has 1 nitrogen and oxygen atoms in total. The molecule has 1 rings (SSSR count). The molecule has 3 heteroatoms. The topological polar surface area (TPSA) is 12.5 Å². The minimum absolute atomic E-state index is 0.583. The second kappa shape index (κ2) is 3.83. The number of hydrogen-bond acceptors (Lipinski definition) is 1. The van der Waals surface area contributed by atoms with Crippen LogP contribution in [0.3, 0.4) is 0 Å². The van der Waals surface area contributed by atoms with Gasteiger partial charge in [0.05, 0.1) is 21.6 Å². The van der Waals surface area contributed by atoms with E-state index in [2.05, 4.69) is 22.2 Å². The van der Waals surface area contributed by atoms with Gasteiger partial charge in [-0.3, -0.25) is 0 Å². The summed E-state index contributed by atoms with van der Waals surface area (Å²) in [7, 11) is 1.12. The van der Waals surface area contributed by atoms with Gasteiger partial charge in [-0.1, -0.05) is 0 Å². The first-order chi connectivity index (χ1) is 2.89. The van der Waals surface area contributed by atoms with Crippen LogP contribution in [0.25, 0.3) is 0 Å². The first kappa shape index (κ1) is 6.66. The van der Waals surface area contributed by atoms with Gasteiger partial charge < -0.3 is 4.74 Å².